The topological polar surface area (TPSA) is 29.1 Å². The third-order valence-electron chi connectivity index (χ3n) is 1.60. The van der Waals surface area contributed by atoms with Gasteiger partial charge in [-0.05, 0) is 6.42 Å². The maximum atomic E-state index is 11.0. The van der Waals surface area contributed by atoms with Crippen molar-refractivity contribution in [2.24, 2.45) is 0 Å². The third-order valence-corrected chi connectivity index (χ3v) is 1.60. The molecule has 1 N–H and O–H groups in total. The van der Waals surface area contributed by atoms with Gasteiger partial charge in [0.2, 0.25) is 5.91 Å². The Morgan fingerprint density at radius 3 is 2.83 bits per heavy atom. The van der Waals surface area contributed by atoms with Gasteiger partial charge in [-0.1, -0.05) is 19.8 Å². The summed E-state index contributed by atoms with van der Waals surface area (Å²) in [5, 5.41) is 2.82. The van der Waals surface area contributed by atoms with Gasteiger partial charge >= 0.3 is 0 Å². The average molecular weight is 167 g/mol. The summed E-state index contributed by atoms with van der Waals surface area (Å²) in [6, 6.07) is 0. The van der Waals surface area contributed by atoms with Crippen molar-refractivity contribution in [1.29, 1.82) is 0 Å². The summed E-state index contributed by atoms with van der Waals surface area (Å²) in [5.74, 6) is 2.51. The minimum absolute atomic E-state index is 0.0732. The van der Waals surface area contributed by atoms with Gasteiger partial charge < -0.3 is 5.32 Å². The van der Waals surface area contributed by atoms with Gasteiger partial charge in [-0.25, -0.2) is 0 Å². The lowest BCUT2D eigenvalue weighted by atomic mass is 10.2. The Bertz CT molecular complexity index is 158. The minimum Gasteiger partial charge on any atom is -0.356 e. The summed E-state index contributed by atoms with van der Waals surface area (Å²) >= 11 is 0. The number of amides is 1. The van der Waals surface area contributed by atoms with Gasteiger partial charge in [0.15, 0.2) is 0 Å². The van der Waals surface area contributed by atoms with Crippen LogP contribution >= 0.6 is 0 Å². The zero-order chi connectivity index (χ0) is 9.23. The highest BCUT2D eigenvalue weighted by Gasteiger charge is 1.97. The molecular weight excluding hydrogens is 150 g/mol. The van der Waals surface area contributed by atoms with Gasteiger partial charge in [-0.2, -0.15) is 0 Å². The predicted octanol–water partition coefficient (Wildman–Crippen LogP) is 1.71. The van der Waals surface area contributed by atoms with Crippen molar-refractivity contribution in [1.82, 2.24) is 5.32 Å². The van der Waals surface area contributed by atoms with E-state index >= 15 is 0 Å². The summed E-state index contributed by atoms with van der Waals surface area (Å²) < 4.78 is 0. The largest absolute Gasteiger partial charge is 0.356 e. The standard InChI is InChI=1S/C10H17NO/c1-3-5-7-9-11-10(12)8-6-4-2/h2H,3,5-9H2,1H3,(H,11,12). The molecule has 0 radical (unpaired) electrons. The van der Waals surface area contributed by atoms with E-state index in [0.717, 1.165) is 13.0 Å². The van der Waals surface area contributed by atoms with E-state index in [9.17, 15) is 4.79 Å². The quantitative estimate of drug-likeness (QED) is 0.473. The molecule has 68 valence electrons. The summed E-state index contributed by atoms with van der Waals surface area (Å²) in [6.45, 7) is 2.93. The van der Waals surface area contributed by atoms with Crippen LogP contribution in [-0.2, 0) is 4.79 Å². The third kappa shape index (κ3) is 7.14. The molecule has 0 fully saturated rings. The van der Waals surface area contributed by atoms with Crippen LogP contribution in [0.1, 0.15) is 39.0 Å². The van der Waals surface area contributed by atoms with Crippen molar-refractivity contribution in [2.45, 2.75) is 39.0 Å². The van der Waals surface area contributed by atoms with Crippen LogP contribution in [0.5, 0.6) is 0 Å². The van der Waals surface area contributed by atoms with Crippen molar-refractivity contribution in [3.05, 3.63) is 0 Å². The fraction of sp³-hybridized carbons (Fsp3) is 0.700. The molecule has 0 spiro atoms. The summed E-state index contributed by atoms with van der Waals surface area (Å²) in [6.07, 6.45) is 9.45. The molecule has 2 nitrogen and oxygen atoms in total. The highest BCUT2D eigenvalue weighted by atomic mass is 16.1. The molecular formula is C10H17NO. The van der Waals surface area contributed by atoms with Gasteiger partial charge in [-0.3, -0.25) is 4.79 Å². The van der Waals surface area contributed by atoms with Crippen molar-refractivity contribution in [2.75, 3.05) is 6.54 Å². The highest BCUT2D eigenvalue weighted by molar-refractivity contribution is 5.76. The Kier molecular flexibility index (Phi) is 7.47. The zero-order valence-electron chi connectivity index (χ0n) is 7.73. The SMILES string of the molecule is C#CCCC(=O)NCCCCC. The van der Waals surface area contributed by atoms with Gasteiger partial charge in [0.25, 0.3) is 0 Å². The van der Waals surface area contributed by atoms with Crippen LogP contribution in [0.25, 0.3) is 0 Å². The number of nitrogens with one attached hydrogen (secondary N) is 1. The molecule has 12 heavy (non-hydrogen) atoms. The number of hydrogen-bond acceptors (Lipinski definition) is 1. The first kappa shape index (κ1) is 11.0. The fourth-order valence-electron chi connectivity index (χ4n) is 0.877. The van der Waals surface area contributed by atoms with Gasteiger partial charge in [0.05, 0.1) is 0 Å². The second-order valence-corrected chi connectivity index (χ2v) is 2.76. The molecule has 0 rings (SSSR count). The Labute approximate surface area is 74.7 Å². The molecule has 0 bridgehead atoms. The van der Waals surface area contributed by atoms with Gasteiger partial charge in [0, 0.05) is 19.4 Å². The first-order valence-corrected chi connectivity index (χ1v) is 4.51. The van der Waals surface area contributed by atoms with Gasteiger partial charge in [-0.15, -0.1) is 12.3 Å². The number of rotatable bonds is 6. The van der Waals surface area contributed by atoms with Crippen LogP contribution in [0.4, 0.5) is 0 Å². The average Bonchev–Trinajstić information content (AvgIpc) is 2.09. The van der Waals surface area contributed by atoms with E-state index in [4.69, 9.17) is 6.42 Å². The molecule has 0 saturated carbocycles. The molecule has 2 heteroatoms. The van der Waals surface area contributed by atoms with E-state index in [1.54, 1.807) is 0 Å². The van der Waals surface area contributed by atoms with E-state index < -0.39 is 0 Å². The molecule has 0 atom stereocenters. The zero-order valence-corrected chi connectivity index (χ0v) is 7.73. The molecule has 0 unspecified atom stereocenters. The van der Waals surface area contributed by atoms with Crippen molar-refractivity contribution in [3.8, 4) is 12.3 Å². The molecule has 0 aliphatic carbocycles. The van der Waals surface area contributed by atoms with Crippen molar-refractivity contribution < 1.29 is 4.79 Å². The van der Waals surface area contributed by atoms with E-state index in [1.807, 2.05) is 0 Å². The fourth-order valence-corrected chi connectivity index (χ4v) is 0.877. The molecule has 0 aromatic carbocycles. The van der Waals surface area contributed by atoms with E-state index in [2.05, 4.69) is 18.2 Å². The second kappa shape index (κ2) is 8.13. The number of hydrogen-bond donors (Lipinski definition) is 1. The maximum Gasteiger partial charge on any atom is 0.220 e. The lowest BCUT2D eigenvalue weighted by Crippen LogP contribution is -2.23. The van der Waals surface area contributed by atoms with Crippen molar-refractivity contribution >= 4 is 5.91 Å². The number of unbranched alkanes of at least 4 members (excludes halogenated alkanes) is 2. The van der Waals surface area contributed by atoms with Crippen LogP contribution in [0.15, 0.2) is 0 Å². The van der Waals surface area contributed by atoms with Crippen molar-refractivity contribution in [3.63, 3.8) is 0 Å². The molecule has 0 aromatic heterocycles. The van der Waals surface area contributed by atoms with Gasteiger partial charge in [0.1, 0.15) is 0 Å². The Balaban J connectivity index is 3.15. The number of terminal acetylenes is 1. The van der Waals surface area contributed by atoms with Crippen LogP contribution in [0.2, 0.25) is 0 Å². The Hall–Kier alpha value is -0.970. The van der Waals surface area contributed by atoms with E-state index in [1.165, 1.54) is 12.8 Å². The second-order valence-electron chi connectivity index (χ2n) is 2.76. The molecule has 0 aliphatic heterocycles. The maximum absolute atomic E-state index is 11.0. The lowest BCUT2D eigenvalue weighted by molar-refractivity contribution is -0.120. The smallest absolute Gasteiger partial charge is 0.220 e. The van der Waals surface area contributed by atoms with E-state index in [0.29, 0.717) is 12.8 Å². The minimum atomic E-state index is 0.0732. The normalized spacial score (nSPS) is 9.00. The number of carbonyl (C=O) groups is 1. The molecule has 0 aliphatic rings. The summed E-state index contributed by atoms with van der Waals surface area (Å²) in [7, 11) is 0. The Morgan fingerprint density at radius 2 is 2.25 bits per heavy atom. The predicted molar refractivity (Wildman–Crippen MR) is 50.6 cm³/mol. The molecule has 0 saturated heterocycles. The number of carbonyl (C=O) groups excluding carboxylic acids is 1. The lowest BCUT2D eigenvalue weighted by Gasteiger charge is -2.01. The molecule has 0 heterocycles. The monoisotopic (exact) mass is 167 g/mol. The highest BCUT2D eigenvalue weighted by Crippen LogP contribution is 1.92. The Morgan fingerprint density at radius 1 is 1.50 bits per heavy atom. The molecule has 0 aromatic rings. The van der Waals surface area contributed by atoms with Crippen LogP contribution < -0.4 is 5.32 Å². The molecule has 1 amide bonds. The summed E-state index contributed by atoms with van der Waals surface area (Å²) in [5.41, 5.74) is 0. The van der Waals surface area contributed by atoms with E-state index in [-0.39, 0.29) is 5.91 Å². The first-order chi connectivity index (χ1) is 5.81. The van der Waals surface area contributed by atoms with Crippen LogP contribution in [-0.4, -0.2) is 12.5 Å². The summed E-state index contributed by atoms with van der Waals surface area (Å²) in [4.78, 5) is 11.0. The first-order valence-electron chi connectivity index (χ1n) is 4.51. The van der Waals surface area contributed by atoms with Crippen LogP contribution in [0.3, 0.4) is 0 Å². The van der Waals surface area contributed by atoms with Crippen LogP contribution in [0, 0.1) is 12.3 Å².